The van der Waals surface area contributed by atoms with Crippen molar-refractivity contribution in [2.75, 3.05) is 19.6 Å². The van der Waals surface area contributed by atoms with Gasteiger partial charge in [-0.1, -0.05) is 30.3 Å². The average molecular weight is 330 g/mol. The minimum atomic E-state index is -0.389. The molecule has 0 bridgehead atoms. The molecule has 130 valence electrons. The van der Waals surface area contributed by atoms with E-state index >= 15 is 0 Å². The molecule has 0 spiro atoms. The Kier molecular flexibility index (Phi) is 5.19. The molecule has 2 aliphatic rings. The van der Waals surface area contributed by atoms with Crippen molar-refractivity contribution in [2.24, 2.45) is 11.8 Å². The second-order valence-electron chi connectivity index (χ2n) is 7.09. The predicted octanol–water partition coefficient (Wildman–Crippen LogP) is 1.65. The van der Waals surface area contributed by atoms with Gasteiger partial charge >= 0.3 is 0 Å². The molecule has 0 saturated carbocycles. The van der Waals surface area contributed by atoms with Crippen molar-refractivity contribution in [1.29, 1.82) is 0 Å². The fraction of sp³-hybridized carbons (Fsp3) is 0.579. The number of rotatable bonds is 4. The van der Waals surface area contributed by atoms with E-state index in [1.807, 2.05) is 35.2 Å². The molecule has 5 heteroatoms. The topological polar surface area (TPSA) is 60.9 Å². The monoisotopic (exact) mass is 330 g/mol. The molecule has 0 aliphatic carbocycles. The maximum Gasteiger partial charge on any atom is 0.228 e. The van der Waals surface area contributed by atoms with Crippen LogP contribution < -0.4 is 0 Å². The molecule has 3 rings (SSSR count). The summed E-state index contributed by atoms with van der Waals surface area (Å²) < 4.78 is 0. The second kappa shape index (κ2) is 7.34. The van der Waals surface area contributed by atoms with Crippen LogP contribution in [0.1, 0.15) is 31.7 Å². The number of carbonyl (C=O) groups excluding carboxylic acids is 2. The molecule has 1 aromatic rings. The standard InChI is InChI=1S/C19H26N2O3/c1-14(22)16-8-5-9-20(12-16)19(24)17-10-18(23)21(13-17)11-15-6-3-2-4-7-15/h2-4,6-7,14,16-17,22H,5,8-13H2,1H3. The van der Waals surface area contributed by atoms with E-state index in [0.29, 0.717) is 26.1 Å². The Morgan fingerprint density at radius 1 is 1.29 bits per heavy atom. The summed E-state index contributed by atoms with van der Waals surface area (Å²) in [6.45, 7) is 4.22. The Labute approximate surface area is 143 Å². The highest BCUT2D eigenvalue weighted by molar-refractivity contribution is 5.89. The van der Waals surface area contributed by atoms with Crippen LogP contribution in [0.3, 0.4) is 0 Å². The van der Waals surface area contributed by atoms with Crippen LogP contribution in [0, 0.1) is 11.8 Å². The highest BCUT2D eigenvalue weighted by atomic mass is 16.3. The Bertz CT molecular complexity index is 588. The Morgan fingerprint density at radius 3 is 2.75 bits per heavy atom. The van der Waals surface area contributed by atoms with Gasteiger partial charge in [-0.05, 0) is 25.3 Å². The van der Waals surface area contributed by atoms with Gasteiger partial charge in [-0.3, -0.25) is 9.59 Å². The summed E-state index contributed by atoms with van der Waals surface area (Å²) in [4.78, 5) is 28.7. The molecule has 0 radical (unpaired) electrons. The first kappa shape index (κ1) is 17.0. The van der Waals surface area contributed by atoms with Crippen molar-refractivity contribution in [3.63, 3.8) is 0 Å². The predicted molar refractivity (Wildman–Crippen MR) is 91.0 cm³/mol. The lowest BCUT2D eigenvalue weighted by molar-refractivity contribution is -0.138. The van der Waals surface area contributed by atoms with Gasteiger partial charge in [0.25, 0.3) is 0 Å². The fourth-order valence-corrected chi connectivity index (χ4v) is 3.76. The number of likely N-dealkylation sites (tertiary alicyclic amines) is 2. The minimum absolute atomic E-state index is 0.0567. The zero-order valence-electron chi connectivity index (χ0n) is 14.2. The first-order valence-electron chi connectivity index (χ1n) is 8.83. The van der Waals surface area contributed by atoms with Crippen molar-refractivity contribution in [2.45, 2.75) is 38.8 Å². The van der Waals surface area contributed by atoms with E-state index in [1.165, 1.54) is 0 Å². The molecule has 3 unspecified atom stereocenters. The Hall–Kier alpha value is -1.88. The van der Waals surface area contributed by atoms with Crippen molar-refractivity contribution in [3.8, 4) is 0 Å². The van der Waals surface area contributed by atoms with E-state index in [4.69, 9.17) is 0 Å². The first-order valence-corrected chi connectivity index (χ1v) is 8.83. The van der Waals surface area contributed by atoms with Crippen LogP contribution in [0.4, 0.5) is 0 Å². The molecule has 2 amide bonds. The molecular weight excluding hydrogens is 304 g/mol. The van der Waals surface area contributed by atoms with Crippen LogP contribution in [0.25, 0.3) is 0 Å². The van der Waals surface area contributed by atoms with E-state index in [0.717, 1.165) is 24.9 Å². The van der Waals surface area contributed by atoms with E-state index in [2.05, 4.69) is 0 Å². The maximum atomic E-state index is 12.8. The number of hydrogen-bond acceptors (Lipinski definition) is 3. The van der Waals surface area contributed by atoms with Gasteiger partial charge in [0.15, 0.2) is 0 Å². The molecular formula is C19H26N2O3. The van der Waals surface area contributed by atoms with Crippen molar-refractivity contribution in [1.82, 2.24) is 9.80 Å². The quantitative estimate of drug-likeness (QED) is 0.913. The second-order valence-corrected chi connectivity index (χ2v) is 7.09. The van der Waals surface area contributed by atoms with E-state index in [9.17, 15) is 14.7 Å². The van der Waals surface area contributed by atoms with E-state index in [1.54, 1.807) is 11.8 Å². The molecule has 1 N–H and O–H groups in total. The molecule has 2 saturated heterocycles. The smallest absolute Gasteiger partial charge is 0.228 e. The van der Waals surface area contributed by atoms with Gasteiger partial charge in [0.05, 0.1) is 12.0 Å². The molecule has 5 nitrogen and oxygen atoms in total. The Morgan fingerprint density at radius 2 is 2.04 bits per heavy atom. The number of amides is 2. The van der Waals surface area contributed by atoms with Crippen LogP contribution in [0.15, 0.2) is 30.3 Å². The van der Waals surface area contributed by atoms with E-state index < -0.39 is 0 Å². The van der Waals surface area contributed by atoms with Crippen LogP contribution in [-0.2, 0) is 16.1 Å². The molecule has 1 aromatic carbocycles. The van der Waals surface area contributed by atoms with Crippen molar-refractivity contribution < 1.29 is 14.7 Å². The number of hydrogen-bond donors (Lipinski definition) is 1. The van der Waals surface area contributed by atoms with Gasteiger partial charge in [-0.25, -0.2) is 0 Å². The Balaban J connectivity index is 1.59. The molecule has 3 atom stereocenters. The molecule has 2 heterocycles. The lowest BCUT2D eigenvalue weighted by Gasteiger charge is -2.35. The number of piperidine rings is 1. The summed E-state index contributed by atoms with van der Waals surface area (Å²) in [6.07, 6.45) is 1.81. The summed E-state index contributed by atoms with van der Waals surface area (Å²) in [5.74, 6) is 0.0414. The highest BCUT2D eigenvalue weighted by Gasteiger charge is 2.38. The average Bonchev–Trinajstić information content (AvgIpc) is 2.96. The minimum Gasteiger partial charge on any atom is -0.393 e. The third kappa shape index (κ3) is 3.78. The largest absolute Gasteiger partial charge is 0.393 e. The normalized spacial score (nSPS) is 25.8. The summed E-state index contributed by atoms with van der Waals surface area (Å²) in [7, 11) is 0. The number of aliphatic hydroxyl groups excluding tert-OH is 1. The summed E-state index contributed by atoms with van der Waals surface area (Å²) in [6, 6.07) is 9.88. The third-order valence-corrected chi connectivity index (χ3v) is 5.23. The SMILES string of the molecule is CC(O)C1CCCN(C(=O)C2CC(=O)N(Cc3ccccc3)C2)C1. The van der Waals surface area contributed by atoms with Gasteiger partial charge in [-0.15, -0.1) is 0 Å². The lowest BCUT2D eigenvalue weighted by Crippen LogP contribution is -2.45. The zero-order chi connectivity index (χ0) is 17.1. The molecule has 2 fully saturated rings. The highest BCUT2D eigenvalue weighted by Crippen LogP contribution is 2.26. The van der Waals surface area contributed by atoms with Crippen LogP contribution in [0.2, 0.25) is 0 Å². The summed E-state index contributed by atoms with van der Waals surface area (Å²) >= 11 is 0. The zero-order valence-corrected chi connectivity index (χ0v) is 14.2. The maximum absolute atomic E-state index is 12.8. The van der Waals surface area contributed by atoms with Crippen molar-refractivity contribution >= 4 is 11.8 Å². The first-order chi connectivity index (χ1) is 11.5. The van der Waals surface area contributed by atoms with E-state index in [-0.39, 0.29) is 29.8 Å². The summed E-state index contributed by atoms with van der Waals surface area (Å²) in [5, 5.41) is 9.79. The summed E-state index contributed by atoms with van der Waals surface area (Å²) in [5.41, 5.74) is 1.09. The number of carbonyl (C=O) groups is 2. The number of aliphatic hydroxyl groups is 1. The third-order valence-electron chi connectivity index (χ3n) is 5.23. The van der Waals surface area contributed by atoms with Gasteiger partial charge in [0.2, 0.25) is 11.8 Å². The van der Waals surface area contributed by atoms with Crippen molar-refractivity contribution in [3.05, 3.63) is 35.9 Å². The van der Waals surface area contributed by atoms with Gasteiger partial charge in [0, 0.05) is 38.5 Å². The lowest BCUT2D eigenvalue weighted by atomic mass is 9.92. The van der Waals surface area contributed by atoms with Crippen LogP contribution in [-0.4, -0.2) is 52.5 Å². The fourth-order valence-electron chi connectivity index (χ4n) is 3.76. The van der Waals surface area contributed by atoms with Gasteiger partial charge in [-0.2, -0.15) is 0 Å². The number of nitrogens with zero attached hydrogens (tertiary/aromatic N) is 2. The molecule has 24 heavy (non-hydrogen) atoms. The van der Waals surface area contributed by atoms with Gasteiger partial charge < -0.3 is 14.9 Å². The molecule has 2 aliphatic heterocycles. The number of benzene rings is 1. The van der Waals surface area contributed by atoms with Crippen LogP contribution in [0.5, 0.6) is 0 Å². The van der Waals surface area contributed by atoms with Crippen LogP contribution >= 0.6 is 0 Å². The van der Waals surface area contributed by atoms with Gasteiger partial charge in [0.1, 0.15) is 0 Å². The molecule has 0 aromatic heterocycles.